The molecule has 1 atom stereocenters. The van der Waals surface area contributed by atoms with E-state index in [9.17, 15) is 9.59 Å². The average molecular weight is 468 g/mol. The third kappa shape index (κ3) is 5.69. The summed E-state index contributed by atoms with van der Waals surface area (Å²) < 4.78 is 10.3. The minimum atomic E-state index is -0.714. The van der Waals surface area contributed by atoms with Crippen LogP contribution in [-0.4, -0.2) is 40.4 Å². The molecule has 1 aromatic heterocycles. The number of guanidine groups is 1. The molecule has 2 N–H and O–H groups in total. The molecule has 0 aliphatic carbocycles. The Balaban J connectivity index is 1.52. The lowest BCUT2D eigenvalue weighted by atomic mass is 10.1. The quantitative estimate of drug-likeness (QED) is 0.546. The monoisotopic (exact) mass is 467 g/mol. The standard InChI is InChI=1S/C23H22ClN5O4/c1-2-20(30)27-19-13-25-23(29(22(19)31)14-15-3-5-16(24)6-4-15)26-17-7-9-18(10-8-17)33-21-11-12-32-28-21/h3-12,19H,2,13-14H2,1H3,(H,25,26)(H,27,30). The van der Waals surface area contributed by atoms with Crippen molar-refractivity contribution in [2.75, 3.05) is 11.9 Å². The summed E-state index contributed by atoms with van der Waals surface area (Å²) in [6.07, 6.45) is 1.72. The molecule has 0 bridgehead atoms. The van der Waals surface area contributed by atoms with Gasteiger partial charge in [0, 0.05) is 23.2 Å². The highest BCUT2D eigenvalue weighted by molar-refractivity contribution is 6.30. The topological polar surface area (TPSA) is 109 Å². The first kappa shape index (κ1) is 22.3. The van der Waals surface area contributed by atoms with Gasteiger partial charge in [0.05, 0.1) is 13.1 Å². The van der Waals surface area contributed by atoms with Crippen LogP contribution in [0.2, 0.25) is 5.02 Å². The molecule has 0 spiro atoms. The highest BCUT2D eigenvalue weighted by Crippen LogP contribution is 2.22. The fourth-order valence-electron chi connectivity index (χ4n) is 3.18. The largest absolute Gasteiger partial charge is 0.436 e. The molecule has 2 heterocycles. The Morgan fingerprint density at radius 1 is 1.18 bits per heavy atom. The van der Waals surface area contributed by atoms with Crippen molar-refractivity contribution in [3.05, 3.63) is 71.4 Å². The summed E-state index contributed by atoms with van der Waals surface area (Å²) >= 11 is 5.99. The van der Waals surface area contributed by atoms with Crippen molar-refractivity contribution in [1.29, 1.82) is 0 Å². The maximum absolute atomic E-state index is 13.2. The van der Waals surface area contributed by atoms with Crippen molar-refractivity contribution >= 4 is 35.1 Å². The van der Waals surface area contributed by atoms with Gasteiger partial charge in [0.2, 0.25) is 11.9 Å². The smallest absolute Gasteiger partial charge is 0.259 e. The van der Waals surface area contributed by atoms with Crippen LogP contribution in [0.15, 0.2) is 70.4 Å². The molecule has 1 aliphatic rings. The maximum Gasteiger partial charge on any atom is 0.259 e. The van der Waals surface area contributed by atoms with Gasteiger partial charge in [-0.1, -0.05) is 30.7 Å². The number of nitrogens with zero attached hydrogens (tertiary/aromatic N) is 3. The van der Waals surface area contributed by atoms with Gasteiger partial charge in [0.1, 0.15) is 18.1 Å². The van der Waals surface area contributed by atoms with E-state index in [0.717, 1.165) is 5.56 Å². The summed E-state index contributed by atoms with van der Waals surface area (Å²) in [7, 11) is 0. The molecule has 10 heteroatoms. The highest BCUT2D eigenvalue weighted by Gasteiger charge is 2.33. The van der Waals surface area contributed by atoms with Crippen LogP contribution in [0.1, 0.15) is 18.9 Å². The summed E-state index contributed by atoms with van der Waals surface area (Å²) in [4.78, 5) is 31.1. The Morgan fingerprint density at radius 2 is 1.94 bits per heavy atom. The molecule has 2 aromatic carbocycles. The van der Waals surface area contributed by atoms with Crippen LogP contribution in [0, 0.1) is 0 Å². The van der Waals surface area contributed by atoms with E-state index in [1.807, 2.05) is 12.1 Å². The fraction of sp³-hybridized carbons (Fsp3) is 0.217. The zero-order valence-corrected chi connectivity index (χ0v) is 18.6. The number of hydrogen-bond donors (Lipinski definition) is 2. The molecule has 0 radical (unpaired) electrons. The lowest BCUT2D eigenvalue weighted by molar-refractivity contribution is -0.133. The number of carbonyl (C=O) groups excluding carboxylic acids is 2. The Hall–Kier alpha value is -3.85. The summed E-state index contributed by atoms with van der Waals surface area (Å²) in [5, 5.41) is 10.3. The number of aromatic nitrogens is 1. The van der Waals surface area contributed by atoms with Crippen LogP contribution in [-0.2, 0) is 16.1 Å². The van der Waals surface area contributed by atoms with E-state index in [0.29, 0.717) is 34.7 Å². The second-order valence-corrected chi connectivity index (χ2v) is 7.71. The summed E-state index contributed by atoms with van der Waals surface area (Å²) in [6.45, 7) is 2.16. The van der Waals surface area contributed by atoms with Crippen LogP contribution in [0.4, 0.5) is 5.69 Å². The predicted molar refractivity (Wildman–Crippen MR) is 123 cm³/mol. The van der Waals surface area contributed by atoms with Crippen molar-refractivity contribution in [2.45, 2.75) is 25.9 Å². The molecule has 3 aromatic rings. The predicted octanol–water partition coefficient (Wildman–Crippen LogP) is 3.83. The summed E-state index contributed by atoms with van der Waals surface area (Å²) in [5.41, 5.74) is 1.59. The number of hydrogen-bond acceptors (Lipinski definition) is 7. The number of aliphatic imine (C=N–C) groups is 1. The van der Waals surface area contributed by atoms with Crippen LogP contribution < -0.4 is 15.4 Å². The van der Waals surface area contributed by atoms with Crippen molar-refractivity contribution in [3.8, 4) is 11.6 Å². The molecular weight excluding hydrogens is 446 g/mol. The van der Waals surface area contributed by atoms with E-state index in [1.165, 1.54) is 11.2 Å². The van der Waals surface area contributed by atoms with Crippen LogP contribution in [0.25, 0.3) is 0 Å². The fourth-order valence-corrected chi connectivity index (χ4v) is 3.31. The number of carbonyl (C=O) groups is 2. The number of anilines is 1. The molecule has 170 valence electrons. The zero-order valence-electron chi connectivity index (χ0n) is 17.8. The third-order valence-electron chi connectivity index (χ3n) is 4.90. The number of ether oxygens (including phenoxy) is 1. The third-order valence-corrected chi connectivity index (χ3v) is 5.15. The highest BCUT2D eigenvalue weighted by atomic mass is 35.5. The molecule has 4 rings (SSSR count). The SMILES string of the molecule is CCC(=O)NC1CN=C(Nc2ccc(Oc3ccon3)cc2)N(Cc2ccc(Cl)cc2)C1=O. The van der Waals surface area contributed by atoms with Crippen molar-refractivity contribution < 1.29 is 18.8 Å². The van der Waals surface area contributed by atoms with Gasteiger partial charge >= 0.3 is 0 Å². The summed E-state index contributed by atoms with van der Waals surface area (Å²) in [5.74, 6) is 0.884. The van der Waals surface area contributed by atoms with Gasteiger partial charge in [-0.3, -0.25) is 14.5 Å². The molecule has 33 heavy (non-hydrogen) atoms. The molecule has 1 unspecified atom stereocenters. The second kappa shape index (κ2) is 10.2. The average Bonchev–Trinajstić information content (AvgIpc) is 3.33. The zero-order chi connectivity index (χ0) is 23.2. The molecule has 9 nitrogen and oxygen atoms in total. The molecule has 1 aliphatic heterocycles. The van der Waals surface area contributed by atoms with E-state index in [1.54, 1.807) is 49.4 Å². The van der Waals surface area contributed by atoms with E-state index < -0.39 is 6.04 Å². The lowest BCUT2D eigenvalue weighted by Gasteiger charge is -2.32. The van der Waals surface area contributed by atoms with Crippen LogP contribution >= 0.6 is 11.6 Å². The number of halogens is 1. The molecule has 2 amide bonds. The van der Waals surface area contributed by atoms with Crippen molar-refractivity contribution in [2.24, 2.45) is 4.99 Å². The Labute approximate surface area is 195 Å². The van der Waals surface area contributed by atoms with Gasteiger partial charge in [0.15, 0.2) is 0 Å². The van der Waals surface area contributed by atoms with Gasteiger partial charge in [0.25, 0.3) is 11.8 Å². The minimum absolute atomic E-state index is 0.150. The number of nitrogens with one attached hydrogen (secondary N) is 2. The maximum atomic E-state index is 13.2. The van der Waals surface area contributed by atoms with Crippen molar-refractivity contribution in [1.82, 2.24) is 15.4 Å². The Morgan fingerprint density at radius 3 is 2.61 bits per heavy atom. The molecule has 0 saturated carbocycles. The van der Waals surface area contributed by atoms with Gasteiger partial charge in [-0.05, 0) is 47.1 Å². The summed E-state index contributed by atoms with van der Waals surface area (Å²) in [6, 6.07) is 15.2. The van der Waals surface area contributed by atoms with E-state index in [2.05, 4.69) is 20.8 Å². The minimum Gasteiger partial charge on any atom is -0.436 e. The van der Waals surface area contributed by atoms with Gasteiger partial charge in [-0.2, -0.15) is 0 Å². The number of benzene rings is 2. The molecule has 0 saturated heterocycles. The first-order valence-electron chi connectivity index (χ1n) is 10.4. The van der Waals surface area contributed by atoms with Crippen LogP contribution in [0.5, 0.6) is 11.6 Å². The van der Waals surface area contributed by atoms with E-state index >= 15 is 0 Å². The normalized spacial score (nSPS) is 15.7. The van der Waals surface area contributed by atoms with Gasteiger partial charge in [-0.25, -0.2) is 4.99 Å². The number of amides is 2. The van der Waals surface area contributed by atoms with Crippen molar-refractivity contribution in [3.63, 3.8) is 0 Å². The molecular formula is C23H22ClN5O4. The Bertz CT molecular complexity index is 1130. The lowest BCUT2D eigenvalue weighted by Crippen LogP contribution is -2.56. The van der Waals surface area contributed by atoms with E-state index in [4.69, 9.17) is 20.9 Å². The second-order valence-electron chi connectivity index (χ2n) is 7.28. The van der Waals surface area contributed by atoms with E-state index in [-0.39, 0.29) is 24.9 Å². The number of rotatable bonds is 7. The molecule has 0 fully saturated rings. The van der Waals surface area contributed by atoms with Crippen LogP contribution in [0.3, 0.4) is 0 Å². The first-order valence-corrected chi connectivity index (χ1v) is 10.7. The van der Waals surface area contributed by atoms with Gasteiger partial charge in [-0.15, -0.1) is 0 Å². The van der Waals surface area contributed by atoms with Gasteiger partial charge < -0.3 is 19.9 Å². The Kier molecular flexibility index (Phi) is 6.89. The first-order chi connectivity index (χ1) is 16.0.